The number of carbonyl (C=O) groups excluding carboxylic acids is 1. The van der Waals surface area contributed by atoms with Crippen LogP contribution in [0.5, 0.6) is 0 Å². The summed E-state index contributed by atoms with van der Waals surface area (Å²) < 4.78 is 16.0. The average Bonchev–Trinajstić information content (AvgIpc) is 2.96. The minimum atomic E-state index is -0.424. The maximum absolute atomic E-state index is 12.0. The van der Waals surface area contributed by atoms with Crippen LogP contribution in [0.3, 0.4) is 0 Å². The zero-order valence-electron chi connectivity index (χ0n) is 10.1. The van der Waals surface area contributed by atoms with E-state index in [0.717, 1.165) is 16.5 Å². The number of fused-ring (bicyclic) bond motifs is 1. The summed E-state index contributed by atoms with van der Waals surface area (Å²) in [5.74, 6) is 0.283. The minimum absolute atomic E-state index is 0.0873. The molecule has 0 spiro atoms. The Balaban J connectivity index is 1.82. The van der Waals surface area contributed by atoms with Gasteiger partial charge in [0.15, 0.2) is 12.1 Å². The summed E-state index contributed by atoms with van der Waals surface area (Å²) in [4.78, 5) is 12.0. The molecule has 94 valence electrons. The van der Waals surface area contributed by atoms with Crippen LogP contribution in [0.2, 0.25) is 0 Å². The summed E-state index contributed by atoms with van der Waals surface area (Å²) in [6, 6.07) is 7.62. The first-order valence-electron chi connectivity index (χ1n) is 5.99. The van der Waals surface area contributed by atoms with E-state index in [1.807, 2.05) is 25.1 Å². The van der Waals surface area contributed by atoms with Crippen LogP contribution in [0.15, 0.2) is 28.7 Å². The molecule has 1 saturated heterocycles. The fraction of sp³-hybridized carbons (Fsp3) is 0.357. The molecule has 4 nitrogen and oxygen atoms in total. The SMILES string of the molecule is Cc1ccc2oc(C(=O)CC3OCCO3)cc2c1. The van der Waals surface area contributed by atoms with E-state index < -0.39 is 6.29 Å². The van der Waals surface area contributed by atoms with Crippen LogP contribution < -0.4 is 0 Å². The summed E-state index contributed by atoms with van der Waals surface area (Å²) in [7, 11) is 0. The van der Waals surface area contributed by atoms with Crippen LogP contribution in [-0.2, 0) is 9.47 Å². The lowest BCUT2D eigenvalue weighted by atomic mass is 10.1. The Labute approximate surface area is 104 Å². The number of rotatable bonds is 3. The summed E-state index contributed by atoms with van der Waals surface area (Å²) in [5.41, 5.74) is 1.88. The Morgan fingerprint density at radius 2 is 2.06 bits per heavy atom. The van der Waals surface area contributed by atoms with Gasteiger partial charge in [-0.2, -0.15) is 0 Å². The highest BCUT2D eigenvalue weighted by molar-refractivity contribution is 5.97. The van der Waals surface area contributed by atoms with Crippen molar-refractivity contribution in [3.05, 3.63) is 35.6 Å². The molecule has 1 fully saturated rings. The fourth-order valence-corrected chi connectivity index (χ4v) is 2.08. The highest BCUT2D eigenvalue weighted by Crippen LogP contribution is 2.22. The molecule has 0 aliphatic carbocycles. The van der Waals surface area contributed by atoms with Crippen LogP contribution in [0.25, 0.3) is 11.0 Å². The van der Waals surface area contributed by atoms with Crippen LogP contribution >= 0.6 is 0 Å². The molecule has 0 N–H and O–H groups in total. The lowest BCUT2D eigenvalue weighted by Crippen LogP contribution is -2.13. The molecule has 1 aliphatic rings. The van der Waals surface area contributed by atoms with Crippen molar-refractivity contribution in [2.75, 3.05) is 13.2 Å². The van der Waals surface area contributed by atoms with Crippen molar-refractivity contribution in [2.45, 2.75) is 19.6 Å². The molecular weight excluding hydrogens is 232 g/mol. The van der Waals surface area contributed by atoms with Crippen molar-refractivity contribution in [1.29, 1.82) is 0 Å². The van der Waals surface area contributed by atoms with Crippen molar-refractivity contribution in [3.8, 4) is 0 Å². The van der Waals surface area contributed by atoms with Gasteiger partial charge in [0.2, 0.25) is 5.78 Å². The second kappa shape index (κ2) is 4.55. The molecule has 18 heavy (non-hydrogen) atoms. The van der Waals surface area contributed by atoms with Gasteiger partial charge in [-0.15, -0.1) is 0 Å². The van der Waals surface area contributed by atoms with Gasteiger partial charge in [-0.1, -0.05) is 11.6 Å². The highest BCUT2D eigenvalue weighted by Gasteiger charge is 2.22. The van der Waals surface area contributed by atoms with Gasteiger partial charge in [-0.05, 0) is 25.1 Å². The predicted octanol–water partition coefficient (Wildman–Crippen LogP) is 2.69. The number of hydrogen-bond donors (Lipinski definition) is 0. The van der Waals surface area contributed by atoms with Crippen molar-refractivity contribution >= 4 is 16.8 Å². The Hall–Kier alpha value is -1.65. The van der Waals surface area contributed by atoms with Crippen LogP contribution in [0, 0.1) is 6.92 Å². The number of benzene rings is 1. The zero-order chi connectivity index (χ0) is 12.5. The Bertz CT molecular complexity index is 578. The molecular formula is C14H14O4. The Morgan fingerprint density at radius 3 is 2.83 bits per heavy atom. The largest absolute Gasteiger partial charge is 0.453 e. The van der Waals surface area contributed by atoms with E-state index in [1.165, 1.54) is 0 Å². The monoisotopic (exact) mass is 246 g/mol. The molecule has 0 atom stereocenters. The predicted molar refractivity (Wildman–Crippen MR) is 65.6 cm³/mol. The molecule has 1 aromatic carbocycles. The summed E-state index contributed by atoms with van der Waals surface area (Å²) in [5, 5.41) is 0.951. The quantitative estimate of drug-likeness (QED) is 0.781. The standard InChI is InChI=1S/C14H14O4/c1-9-2-3-12-10(6-9)7-13(18-12)11(15)8-14-16-4-5-17-14/h2-3,6-7,14H,4-5,8H2,1H3. The van der Waals surface area contributed by atoms with Gasteiger partial charge < -0.3 is 13.9 Å². The molecule has 0 saturated carbocycles. The molecule has 2 heterocycles. The van der Waals surface area contributed by atoms with Gasteiger partial charge in [0, 0.05) is 5.39 Å². The van der Waals surface area contributed by atoms with E-state index >= 15 is 0 Å². The number of Topliss-reactive ketones (excluding diaryl/α,β-unsaturated/α-hetero) is 1. The second-order valence-electron chi connectivity index (χ2n) is 4.45. The van der Waals surface area contributed by atoms with E-state index in [9.17, 15) is 4.79 Å². The Kier molecular flexibility index (Phi) is 2.89. The van der Waals surface area contributed by atoms with Crippen molar-refractivity contribution < 1.29 is 18.7 Å². The van der Waals surface area contributed by atoms with E-state index in [1.54, 1.807) is 6.07 Å². The normalized spacial score (nSPS) is 16.5. The smallest absolute Gasteiger partial charge is 0.203 e. The van der Waals surface area contributed by atoms with Gasteiger partial charge in [0.05, 0.1) is 19.6 Å². The fourth-order valence-electron chi connectivity index (χ4n) is 2.08. The molecule has 4 heteroatoms. The number of aryl methyl sites for hydroxylation is 1. The van der Waals surface area contributed by atoms with Crippen molar-refractivity contribution in [3.63, 3.8) is 0 Å². The molecule has 0 radical (unpaired) electrons. The topological polar surface area (TPSA) is 48.7 Å². The Morgan fingerprint density at radius 1 is 1.28 bits per heavy atom. The maximum atomic E-state index is 12.0. The summed E-state index contributed by atoms with van der Waals surface area (Å²) >= 11 is 0. The third kappa shape index (κ3) is 2.17. The second-order valence-corrected chi connectivity index (χ2v) is 4.45. The number of furan rings is 1. The van der Waals surface area contributed by atoms with Crippen molar-refractivity contribution in [1.82, 2.24) is 0 Å². The first kappa shape index (κ1) is 11.4. The molecule has 3 rings (SSSR count). The zero-order valence-corrected chi connectivity index (χ0v) is 10.1. The highest BCUT2D eigenvalue weighted by atomic mass is 16.7. The minimum Gasteiger partial charge on any atom is -0.453 e. The van der Waals surface area contributed by atoms with Gasteiger partial charge >= 0.3 is 0 Å². The molecule has 1 aliphatic heterocycles. The van der Waals surface area contributed by atoms with Crippen LogP contribution in [0.1, 0.15) is 22.5 Å². The third-order valence-electron chi connectivity index (χ3n) is 2.99. The van der Waals surface area contributed by atoms with E-state index in [2.05, 4.69) is 0 Å². The molecule has 0 amide bonds. The van der Waals surface area contributed by atoms with E-state index in [4.69, 9.17) is 13.9 Å². The molecule has 0 unspecified atom stereocenters. The van der Waals surface area contributed by atoms with E-state index in [-0.39, 0.29) is 12.2 Å². The van der Waals surface area contributed by atoms with Crippen LogP contribution in [-0.4, -0.2) is 25.3 Å². The van der Waals surface area contributed by atoms with Gasteiger partial charge in [-0.25, -0.2) is 0 Å². The maximum Gasteiger partial charge on any atom is 0.203 e. The molecule has 2 aromatic rings. The lowest BCUT2D eigenvalue weighted by molar-refractivity contribution is -0.0411. The first-order chi connectivity index (χ1) is 8.72. The molecule has 1 aromatic heterocycles. The first-order valence-corrected chi connectivity index (χ1v) is 5.99. The number of ether oxygens (including phenoxy) is 2. The number of carbonyl (C=O) groups is 1. The van der Waals surface area contributed by atoms with E-state index in [0.29, 0.717) is 19.0 Å². The third-order valence-corrected chi connectivity index (χ3v) is 2.99. The summed E-state index contributed by atoms with van der Waals surface area (Å²) in [6.45, 7) is 3.11. The van der Waals surface area contributed by atoms with Gasteiger partial charge in [0.25, 0.3) is 0 Å². The van der Waals surface area contributed by atoms with Gasteiger partial charge in [0.1, 0.15) is 5.58 Å². The summed E-state index contributed by atoms with van der Waals surface area (Å²) in [6.07, 6.45) is -0.217. The van der Waals surface area contributed by atoms with Crippen molar-refractivity contribution in [2.24, 2.45) is 0 Å². The van der Waals surface area contributed by atoms with Crippen LogP contribution in [0.4, 0.5) is 0 Å². The lowest BCUT2D eigenvalue weighted by Gasteiger charge is -2.05. The molecule has 0 bridgehead atoms. The average molecular weight is 246 g/mol. The number of hydrogen-bond acceptors (Lipinski definition) is 4. The number of ketones is 1. The van der Waals surface area contributed by atoms with Gasteiger partial charge in [-0.3, -0.25) is 4.79 Å².